The zero-order valence-electron chi connectivity index (χ0n) is 9.10. The van der Waals surface area contributed by atoms with E-state index >= 15 is 0 Å². The van der Waals surface area contributed by atoms with Gasteiger partial charge in [0.1, 0.15) is 5.60 Å². The van der Waals surface area contributed by atoms with Crippen LogP contribution in [-0.2, 0) is 4.74 Å². The van der Waals surface area contributed by atoms with Gasteiger partial charge in [0.05, 0.1) is 0 Å². The predicted molar refractivity (Wildman–Crippen MR) is 53.7 cm³/mol. The molecule has 0 aromatic heterocycles. The van der Waals surface area contributed by atoms with Gasteiger partial charge in [-0.1, -0.05) is 11.6 Å². The van der Waals surface area contributed by atoms with E-state index in [4.69, 9.17) is 4.74 Å². The summed E-state index contributed by atoms with van der Waals surface area (Å²) in [6.45, 7) is 9.97. The number of hydrogen-bond acceptors (Lipinski definition) is 2. The lowest BCUT2D eigenvalue weighted by molar-refractivity contribution is 0.0532. The molecule has 0 atom stereocenters. The Bertz CT molecular complexity index is 201. The summed E-state index contributed by atoms with van der Waals surface area (Å²) in [4.78, 5) is 11.1. The molecular formula is C10H19NO2. The molecule has 0 aliphatic rings. The van der Waals surface area contributed by atoms with Gasteiger partial charge in [0.2, 0.25) is 0 Å². The number of allylic oxidation sites excluding steroid dienone is 1. The van der Waals surface area contributed by atoms with Gasteiger partial charge in [-0.25, -0.2) is 4.79 Å². The Hall–Kier alpha value is -0.990. The summed E-state index contributed by atoms with van der Waals surface area (Å²) in [6, 6.07) is 0. The number of ether oxygens (including phenoxy) is 1. The third kappa shape index (κ3) is 7.37. The van der Waals surface area contributed by atoms with Gasteiger partial charge in [-0.15, -0.1) is 0 Å². The summed E-state index contributed by atoms with van der Waals surface area (Å²) < 4.78 is 5.06. The van der Waals surface area contributed by atoms with Crippen molar-refractivity contribution in [3.8, 4) is 0 Å². The topological polar surface area (TPSA) is 38.3 Å². The number of nitrogens with one attached hydrogen (secondary N) is 1. The zero-order valence-corrected chi connectivity index (χ0v) is 9.10. The van der Waals surface area contributed by atoms with Crippen molar-refractivity contribution in [2.24, 2.45) is 0 Å². The molecule has 0 saturated heterocycles. The lowest BCUT2D eigenvalue weighted by atomic mass is 10.2. The minimum atomic E-state index is -0.423. The van der Waals surface area contributed by atoms with Gasteiger partial charge in [-0.3, -0.25) is 0 Å². The Morgan fingerprint density at radius 1 is 1.46 bits per heavy atom. The molecule has 1 amide bonds. The molecule has 0 heterocycles. The number of hydrogen-bond donors (Lipinski definition) is 1. The summed E-state index contributed by atoms with van der Waals surface area (Å²) in [7, 11) is 0. The molecule has 0 fully saturated rings. The molecule has 1 N–H and O–H groups in total. The first-order chi connectivity index (χ1) is 5.85. The van der Waals surface area contributed by atoms with Gasteiger partial charge < -0.3 is 10.1 Å². The first kappa shape index (κ1) is 12.0. The molecule has 0 aliphatic heterocycles. The van der Waals surface area contributed by atoms with Crippen LogP contribution in [0.2, 0.25) is 0 Å². The van der Waals surface area contributed by atoms with E-state index in [2.05, 4.69) is 5.32 Å². The average Bonchev–Trinajstić information content (AvgIpc) is 1.97. The number of carbonyl (C=O) groups is 1. The van der Waals surface area contributed by atoms with Crippen molar-refractivity contribution < 1.29 is 9.53 Å². The molecule has 0 aliphatic carbocycles. The molecule has 13 heavy (non-hydrogen) atoms. The first-order valence-electron chi connectivity index (χ1n) is 4.44. The highest BCUT2D eigenvalue weighted by molar-refractivity contribution is 5.67. The number of carbonyl (C=O) groups excluding carboxylic acids is 1. The fourth-order valence-electron chi connectivity index (χ4n) is 0.628. The highest BCUT2D eigenvalue weighted by atomic mass is 16.6. The second-order valence-electron chi connectivity index (χ2n) is 3.99. The van der Waals surface area contributed by atoms with E-state index in [1.54, 1.807) is 0 Å². The molecule has 0 radical (unpaired) electrons. The largest absolute Gasteiger partial charge is 0.444 e. The highest BCUT2D eigenvalue weighted by Gasteiger charge is 2.15. The summed E-state index contributed by atoms with van der Waals surface area (Å²) in [5.74, 6) is 0. The molecule has 0 rings (SSSR count). The van der Waals surface area contributed by atoms with Gasteiger partial charge in [0, 0.05) is 6.54 Å². The van der Waals surface area contributed by atoms with Crippen LogP contribution < -0.4 is 5.32 Å². The van der Waals surface area contributed by atoms with E-state index in [0.29, 0.717) is 6.54 Å². The van der Waals surface area contributed by atoms with Crippen LogP contribution in [0.15, 0.2) is 11.6 Å². The van der Waals surface area contributed by atoms with E-state index < -0.39 is 5.60 Å². The minimum Gasteiger partial charge on any atom is -0.444 e. The van der Waals surface area contributed by atoms with Gasteiger partial charge in [-0.05, 0) is 34.6 Å². The maximum atomic E-state index is 11.1. The summed E-state index contributed by atoms with van der Waals surface area (Å²) in [6.07, 6.45) is 1.59. The third-order valence-corrected chi connectivity index (χ3v) is 1.40. The van der Waals surface area contributed by atoms with Crippen LogP contribution in [0.5, 0.6) is 0 Å². The Labute approximate surface area is 80.2 Å². The van der Waals surface area contributed by atoms with Crippen LogP contribution >= 0.6 is 0 Å². The van der Waals surface area contributed by atoms with E-state index in [-0.39, 0.29) is 6.09 Å². The van der Waals surface area contributed by atoms with Crippen molar-refractivity contribution in [1.82, 2.24) is 5.32 Å². The number of amides is 1. The van der Waals surface area contributed by atoms with Crippen molar-refractivity contribution in [1.29, 1.82) is 0 Å². The number of rotatable bonds is 2. The third-order valence-electron chi connectivity index (χ3n) is 1.40. The molecule has 0 bridgehead atoms. The lowest BCUT2D eigenvalue weighted by Crippen LogP contribution is -2.33. The minimum absolute atomic E-state index is 0.367. The fraction of sp³-hybridized carbons (Fsp3) is 0.700. The van der Waals surface area contributed by atoms with E-state index in [9.17, 15) is 4.79 Å². The summed E-state index contributed by atoms with van der Waals surface area (Å²) >= 11 is 0. The molecule has 0 unspecified atom stereocenters. The number of alkyl carbamates (subject to hydrolysis) is 1. The average molecular weight is 185 g/mol. The quantitative estimate of drug-likeness (QED) is 0.671. The standard InChI is InChI=1S/C10H19NO2/c1-6-8(2)7-11-9(12)13-10(3,4)5/h6H,7H2,1-5H3,(H,11,12). The molecule has 0 aromatic carbocycles. The van der Waals surface area contributed by atoms with Gasteiger partial charge in [0.25, 0.3) is 0 Å². The normalized spacial score (nSPS) is 12.5. The Balaban J connectivity index is 3.77. The molecule has 0 spiro atoms. The second kappa shape index (κ2) is 4.90. The van der Waals surface area contributed by atoms with Crippen LogP contribution in [0.1, 0.15) is 34.6 Å². The molecule has 76 valence electrons. The molecule has 3 heteroatoms. The van der Waals surface area contributed by atoms with Gasteiger partial charge in [-0.2, -0.15) is 0 Å². The van der Waals surface area contributed by atoms with Gasteiger partial charge in [0.15, 0.2) is 0 Å². The maximum Gasteiger partial charge on any atom is 0.407 e. The molecule has 0 saturated carbocycles. The Morgan fingerprint density at radius 2 is 2.00 bits per heavy atom. The fourth-order valence-corrected chi connectivity index (χ4v) is 0.628. The summed E-state index contributed by atoms with van der Waals surface area (Å²) in [5, 5.41) is 2.66. The van der Waals surface area contributed by atoms with Crippen LogP contribution in [0.3, 0.4) is 0 Å². The van der Waals surface area contributed by atoms with E-state index in [0.717, 1.165) is 5.57 Å². The Kier molecular flexibility index (Phi) is 4.52. The predicted octanol–water partition coefficient (Wildman–Crippen LogP) is 2.48. The van der Waals surface area contributed by atoms with Crippen molar-refractivity contribution in [2.75, 3.05) is 6.54 Å². The van der Waals surface area contributed by atoms with Crippen molar-refractivity contribution >= 4 is 6.09 Å². The zero-order chi connectivity index (χ0) is 10.5. The summed E-state index contributed by atoms with van der Waals surface area (Å²) in [5.41, 5.74) is 0.694. The van der Waals surface area contributed by atoms with Crippen molar-refractivity contribution in [3.63, 3.8) is 0 Å². The van der Waals surface area contributed by atoms with Crippen molar-refractivity contribution in [2.45, 2.75) is 40.2 Å². The lowest BCUT2D eigenvalue weighted by Gasteiger charge is -2.19. The van der Waals surface area contributed by atoms with Crippen LogP contribution in [0.4, 0.5) is 4.79 Å². The van der Waals surface area contributed by atoms with Crippen LogP contribution in [0, 0.1) is 0 Å². The second-order valence-corrected chi connectivity index (χ2v) is 3.99. The SMILES string of the molecule is CC=C(C)CNC(=O)OC(C)(C)C. The monoisotopic (exact) mass is 185 g/mol. The molecule has 3 nitrogen and oxygen atoms in total. The first-order valence-corrected chi connectivity index (χ1v) is 4.44. The Morgan fingerprint density at radius 3 is 2.38 bits per heavy atom. The van der Waals surface area contributed by atoms with E-state index in [1.165, 1.54) is 0 Å². The van der Waals surface area contributed by atoms with Gasteiger partial charge >= 0.3 is 6.09 Å². The highest BCUT2D eigenvalue weighted by Crippen LogP contribution is 2.06. The van der Waals surface area contributed by atoms with E-state index in [1.807, 2.05) is 40.7 Å². The maximum absolute atomic E-state index is 11.1. The van der Waals surface area contributed by atoms with Crippen LogP contribution in [-0.4, -0.2) is 18.2 Å². The van der Waals surface area contributed by atoms with Crippen LogP contribution in [0.25, 0.3) is 0 Å². The molecular weight excluding hydrogens is 166 g/mol. The molecule has 0 aromatic rings. The smallest absolute Gasteiger partial charge is 0.407 e. The van der Waals surface area contributed by atoms with Crippen molar-refractivity contribution in [3.05, 3.63) is 11.6 Å².